The van der Waals surface area contributed by atoms with E-state index in [-0.39, 0.29) is 12.7 Å². The van der Waals surface area contributed by atoms with Crippen molar-refractivity contribution in [2.24, 2.45) is 0 Å². The number of amides is 1. The Kier molecular flexibility index (Phi) is 5.93. The number of nitrogens with one attached hydrogen (secondary N) is 1. The molecular formula is C23H20N4O4S2. The van der Waals surface area contributed by atoms with Gasteiger partial charge in [-0.3, -0.25) is 9.36 Å². The van der Waals surface area contributed by atoms with Crippen molar-refractivity contribution in [1.29, 1.82) is 0 Å². The molecule has 0 saturated heterocycles. The van der Waals surface area contributed by atoms with Gasteiger partial charge in [-0.05, 0) is 42.6 Å². The fourth-order valence-electron chi connectivity index (χ4n) is 3.37. The SMILES string of the molecule is COc1ccccc1-n1c(SC(C)C(=O)Nc2ccc3c(c2)OCO3)nnc1-c1cccs1. The first kappa shape index (κ1) is 21.4. The summed E-state index contributed by atoms with van der Waals surface area (Å²) in [6, 6.07) is 16.9. The third-order valence-corrected chi connectivity index (χ3v) is 6.90. The first-order valence-electron chi connectivity index (χ1n) is 10.1. The fourth-order valence-corrected chi connectivity index (χ4v) is 4.93. The van der Waals surface area contributed by atoms with Crippen LogP contribution in [0.1, 0.15) is 6.92 Å². The monoisotopic (exact) mass is 480 g/mol. The maximum absolute atomic E-state index is 12.9. The van der Waals surface area contributed by atoms with Crippen LogP contribution in [0.5, 0.6) is 17.2 Å². The predicted octanol–water partition coefficient (Wildman–Crippen LogP) is 4.85. The largest absolute Gasteiger partial charge is 0.495 e. The van der Waals surface area contributed by atoms with Crippen molar-refractivity contribution in [3.8, 4) is 33.6 Å². The number of ether oxygens (including phenoxy) is 3. The zero-order chi connectivity index (χ0) is 22.8. The van der Waals surface area contributed by atoms with Gasteiger partial charge in [0, 0.05) is 11.8 Å². The molecule has 1 amide bonds. The number of rotatable bonds is 7. The average molecular weight is 481 g/mol. The molecule has 1 aliphatic rings. The normalized spacial score (nSPS) is 13.0. The van der Waals surface area contributed by atoms with Crippen molar-refractivity contribution in [2.45, 2.75) is 17.3 Å². The number of para-hydroxylation sites is 2. The van der Waals surface area contributed by atoms with E-state index in [9.17, 15) is 4.79 Å². The minimum Gasteiger partial charge on any atom is -0.495 e. The Morgan fingerprint density at radius 2 is 2.00 bits per heavy atom. The second kappa shape index (κ2) is 9.16. The molecule has 1 N–H and O–H groups in total. The van der Waals surface area contributed by atoms with Gasteiger partial charge >= 0.3 is 0 Å². The number of benzene rings is 2. The summed E-state index contributed by atoms with van der Waals surface area (Å²) in [5.41, 5.74) is 1.45. The van der Waals surface area contributed by atoms with Crippen LogP contribution >= 0.6 is 23.1 Å². The van der Waals surface area contributed by atoms with Crippen LogP contribution in [0, 0.1) is 0 Å². The summed E-state index contributed by atoms with van der Waals surface area (Å²) in [5, 5.41) is 13.9. The van der Waals surface area contributed by atoms with Gasteiger partial charge in [-0.1, -0.05) is 30.0 Å². The lowest BCUT2D eigenvalue weighted by atomic mass is 10.2. The number of anilines is 1. The van der Waals surface area contributed by atoms with E-state index in [0.29, 0.717) is 33.9 Å². The van der Waals surface area contributed by atoms with Crippen LogP contribution < -0.4 is 19.5 Å². The quantitative estimate of drug-likeness (QED) is 0.378. The molecule has 5 rings (SSSR count). The molecule has 1 unspecified atom stereocenters. The highest BCUT2D eigenvalue weighted by molar-refractivity contribution is 8.00. The molecule has 168 valence electrons. The van der Waals surface area contributed by atoms with Crippen LogP contribution in [0.2, 0.25) is 0 Å². The lowest BCUT2D eigenvalue weighted by Gasteiger charge is -2.15. The van der Waals surface area contributed by atoms with Crippen molar-refractivity contribution < 1.29 is 19.0 Å². The molecule has 4 aromatic rings. The number of thioether (sulfide) groups is 1. The molecule has 1 aliphatic heterocycles. The van der Waals surface area contributed by atoms with Gasteiger partial charge in [0.15, 0.2) is 22.5 Å². The molecular weight excluding hydrogens is 460 g/mol. The Balaban J connectivity index is 1.42. The molecule has 2 aromatic carbocycles. The number of fused-ring (bicyclic) bond motifs is 1. The van der Waals surface area contributed by atoms with Gasteiger partial charge in [0.2, 0.25) is 12.7 Å². The zero-order valence-electron chi connectivity index (χ0n) is 17.8. The number of carbonyl (C=O) groups is 1. The van der Waals surface area contributed by atoms with Crippen molar-refractivity contribution in [2.75, 3.05) is 19.2 Å². The Bertz CT molecular complexity index is 1290. The van der Waals surface area contributed by atoms with Crippen molar-refractivity contribution in [1.82, 2.24) is 14.8 Å². The van der Waals surface area contributed by atoms with E-state index in [4.69, 9.17) is 14.2 Å². The first-order valence-corrected chi connectivity index (χ1v) is 11.9. The summed E-state index contributed by atoms with van der Waals surface area (Å²) in [4.78, 5) is 13.9. The molecule has 8 nitrogen and oxygen atoms in total. The summed E-state index contributed by atoms with van der Waals surface area (Å²) in [5.74, 6) is 2.51. The van der Waals surface area contributed by atoms with Crippen LogP contribution in [-0.2, 0) is 4.79 Å². The Morgan fingerprint density at radius 3 is 2.82 bits per heavy atom. The Hall–Kier alpha value is -3.50. The van der Waals surface area contributed by atoms with E-state index < -0.39 is 5.25 Å². The second-order valence-electron chi connectivity index (χ2n) is 7.11. The van der Waals surface area contributed by atoms with Gasteiger partial charge in [-0.2, -0.15) is 0 Å². The third-order valence-electron chi connectivity index (χ3n) is 4.99. The van der Waals surface area contributed by atoms with Crippen LogP contribution in [0.3, 0.4) is 0 Å². The third kappa shape index (κ3) is 4.27. The standard InChI is InChI=1S/C23H20N4O4S2/c1-14(22(28)24-15-9-10-18-19(12-15)31-13-30-18)33-23-26-25-21(20-8-5-11-32-20)27(23)16-6-3-4-7-17(16)29-2/h3-12,14H,13H2,1-2H3,(H,24,28). The number of methoxy groups -OCH3 is 1. The predicted molar refractivity (Wildman–Crippen MR) is 128 cm³/mol. The van der Waals surface area contributed by atoms with Gasteiger partial charge in [0.1, 0.15) is 5.75 Å². The van der Waals surface area contributed by atoms with E-state index in [1.807, 2.05) is 53.3 Å². The smallest absolute Gasteiger partial charge is 0.237 e. The maximum atomic E-state index is 12.9. The number of thiophene rings is 1. The van der Waals surface area contributed by atoms with Crippen LogP contribution in [-0.4, -0.2) is 39.8 Å². The number of aromatic nitrogens is 3. The fraction of sp³-hybridized carbons (Fsp3) is 0.174. The van der Waals surface area contributed by atoms with Crippen LogP contribution in [0.25, 0.3) is 16.4 Å². The summed E-state index contributed by atoms with van der Waals surface area (Å²) >= 11 is 2.90. The molecule has 0 spiro atoms. The second-order valence-corrected chi connectivity index (χ2v) is 9.36. The van der Waals surface area contributed by atoms with Gasteiger partial charge in [-0.15, -0.1) is 21.5 Å². The maximum Gasteiger partial charge on any atom is 0.237 e. The van der Waals surface area contributed by atoms with E-state index in [1.54, 1.807) is 36.6 Å². The van der Waals surface area contributed by atoms with Crippen LogP contribution in [0.15, 0.2) is 65.1 Å². The van der Waals surface area contributed by atoms with Crippen molar-refractivity contribution in [3.05, 3.63) is 60.0 Å². The highest BCUT2D eigenvalue weighted by atomic mass is 32.2. The van der Waals surface area contributed by atoms with Gasteiger partial charge < -0.3 is 19.5 Å². The van der Waals surface area contributed by atoms with Crippen molar-refractivity contribution >= 4 is 34.7 Å². The molecule has 0 saturated carbocycles. The van der Waals surface area contributed by atoms with E-state index in [0.717, 1.165) is 10.6 Å². The average Bonchev–Trinajstić information content (AvgIpc) is 3.59. The summed E-state index contributed by atoms with van der Waals surface area (Å²) in [6.45, 7) is 2.02. The molecule has 33 heavy (non-hydrogen) atoms. The number of hydrogen-bond acceptors (Lipinski definition) is 8. The van der Waals surface area contributed by atoms with E-state index in [1.165, 1.54) is 11.8 Å². The molecule has 3 heterocycles. The molecule has 0 radical (unpaired) electrons. The topological polar surface area (TPSA) is 87.5 Å². The minimum atomic E-state index is -0.440. The number of carbonyl (C=O) groups excluding carboxylic acids is 1. The van der Waals surface area contributed by atoms with E-state index >= 15 is 0 Å². The highest BCUT2D eigenvalue weighted by Gasteiger charge is 2.24. The Labute approximate surface area is 198 Å². The first-order chi connectivity index (χ1) is 16.1. The zero-order valence-corrected chi connectivity index (χ0v) is 19.5. The summed E-state index contributed by atoms with van der Waals surface area (Å²) in [6.07, 6.45) is 0. The van der Waals surface area contributed by atoms with E-state index in [2.05, 4.69) is 15.5 Å². The van der Waals surface area contributed by atoms with Gasteiger partial charge in [0.05, 0.1) is 22.9 Å². The van der Waals surface area contributed by atoms with Crippen molar-refractivity contribution in [3.63, 3.8) is 0 Å². The molecule has 0 bridgehead atoms. The molecule has 1 atom stereocenters. The lowest BCUT2D eigenvalue weighted by Crippen LogP contribution is -2.22. The lowest BCUT2D eigenvalue weighted by molar-refractivity contribution is -0.115. The van der Waals surface area contributed by atoms with Gasteiger partial charge in [0.25, 0.3) is 0 Å². The molecule has 0 aliphatic carbocycles. The molecule has 2 aromatic heterocycles. The number of hydrogen-bond donors (Lipinski definition) is 1. The Morgan fingerprint density at radius 1 is 1.15 bits per heavy atom. The summed E-state index contributed by atoms with van der Waals surface area (Å²) < 4.78 is 18.2. The molecule has 0 fully saturated rings. The minimum absolute atomic E-state index is 0.161. The number of nitrogens with zero attached hydrogens (tertiary/aromatic N) is 3. The highest BCUT2D eigenvalue weighted by Crippen LogP contribution is 2.36. The molecule has 10 heteroatoms. The van der Waals surface area contributed by atoms with Gasteiger partial charge in [-0.25, -0.2) is 0 Å². The summed E-state index contributed by atoms with van der Waals surface area (Å²) in [7, 11) is 1.63. The van der Waals surface area contributed by atoms with Crippen LogP contribution in [0.4, 0.5) is 5.69 Å².